The second kappa shape index (κ2) is 41.8. The number of unbranched alkanes of at least 4 members (excludes halogenated alkanes) is 2. The molecule has 11 N–H and O–H groups in total. The molecule has 4 unspecified atom stereocenters. The fraction of sp³-hybridized carbons (Fsp3) is 0.450. The van der Waals surface area contributed by atoms with Crippen LogP contribution in [-0.4, -0.2) is 136 Å². The Morgan fingerprint density at radius 3 is 1.79 bits per heavy atom. The van der Waals surface area contributed by atoms with Gasteiger partial charge in [-0.2, -0.15) is 18.0 Å². The lowest BCUT2D eigenvalue weighted by Crippen LogP contribution is -3.08. The average molecular weight is 2140 g/mol. The van der Waals surface area contributed by atoms with E-state index in [1.54, 1.807) is 23.1 Å². The van der Waals surface area contributed by atoms with E-state index in [0.717, 1.165) is 116 Å². The van der Waals surface area contributed by atoms with Crippen molar-refractivity contribution in [3.05, 3.63) is 210 Å². The number of thioether (sulfide) groups is 1. The summed E-state index contributed by atoms with van der Waals surface area (Å²) in [6.07, 6.45) is 6.94. The van der Waals surface area contributed by atoms with Gasteiger partial charge in [0.05, 0.1) is 68.9 Å². The molecule has 9 aliphatic rings. The molecular weight excluding hydrogens is 2010 g/mol. The topological polar surface area (TPSA) is 452 Å². The van der Waals surface area contributed by atoms with E-state index < -0.39 is 99.7 Å². The summed E-state index contributed by atoms with van der Waals surface area (Å²) in [4.78, 5) is 48.7. The minimum Gasteiger partial charge on any atom is -0.744 e. The number of anilines is 3. The maximum absolute atomic E-state index is 13.6. The van der Waals surface area contributed by atoms with Gasteiger partial charge in [-0.3, -0.25) is 14.8 Å². The molecule has 0 saturated heterocycles. The molecule has 0 radical (unpaired) electrons. The summed E-state index contributed by atoms with van der Waals surface area (Å²) in [7, 11) is -18.3. The number of nitrogens with two attached hydrogens (primary N) is 1. The Labute approximate surface area is 868 Å². The zero-order valence-corrected chi connectivity index (χ0v) is 93.0. The first-order valence-corrected chi connectivity index (χ1v) is 56.7. The van der Waals surface area contributed by atoms with Crippen LogP contribution in [0.4, 0.5) is 17.1 Å². The van der Waals surface area contributed by atoms with Crippen molar-refractivity contribution in [3.8, 4) is 45.4 Å². The molecule has 8 heterocycles. The van der Waals surface area contributed by atoms with Crippen molar-refractivity contribution < 1.29 is 110 Å². The van der Waals surface area contributed by atoms with E-state index in [1.807, 2.05) is 80.5 Å². The fourth-order valence-electron chi connectivity index (χ4n) is 20.8. The Balaban J connectivity index is 0.000000182. The van der Waals surface area contributed by atoms with Crippen molar-refractivity contribution in [1.29, 1.82) is 0 Å². The molecular formula is C109H132Cl3N8O20S5+. The minimum absolute atomic E-state index is 0.00410. The molecule has 0 aromatic heterocycles. The van der Waals surface area contributed by atoms with Gasteiger partial charge >= 0.3 is 22.2 Å². The number of fused-ring (bicyclic) bond motifs is 11. The Morgan fingerprint density at radius 2 is 1.21 bits per heavy atom. The molecule has 8 aromatic rings. The van der Waals surface area contributed by atoms with Crippen LogP contribution in [0.5, 0.6) is 23.0 Å². The predicted octanol–water partition coefficient (Wildman–Crippen LogP) is 14.1. The third kappa shape index (κ3) is 22.2. The molecule has 145 heavy (non-hydrogen) atoms. The highest BCUT2D eigenvalue weighted by atomic mass is 35.5. The van der Waals surface area contributed by atoms with E-state index >= 15 is 0 Å². The SMILES string of the molecule is CC(C)CCCCCNC(=O)CSc1c(Cl)c(Cl)c(C(=O)O)c(C2=c3cc4c(c(S(=O)(=O)O)c3Oc3c2cc2c(c3S(=O)(=O)[O-])NC(C)(C)CC2C)=[NH+]C(C)(C)CC4C)c1Cl.CC[NH+](C)CC.Cc1c2c(cc3c(-c4cccc(C(C)C)c4)c4ccc(=[NH2+])c(S(=O)(=O)[O-])c-4oc13)CCC(C)(C)N2.Cc1c2c(cc3c1=[NH+]C(C)C3(C)C)=C(c1ccc(C(C)C)cc1)c1cc3c(c(S(=O)(=O)[O-])c1O2)NC(C)C3(C)C.O=C=O. The van der Waals surface area contributed by atoms with Gasteiger partial charge in [-0.1, -0.05) is 172 Å². The van der Waals surface area contributed by atoms with Crippen LogP contribution in [0.1, 0.15) is 304 Å². The zero-order valence-electron chi connectivity index (χ0n) is 86.7. The van der Waals surface area contributed by atoms with Crippen LogP contribution in [-0.2, 0) is 72.1 Å². The molecule has 28 nitrogen and oxygen atoms in total. The van der Waals surface area contributed by atoms with Crippen molar-refractivity contribution in [1.82, 2.24) is 5.32 Å². The summed E-state index contributed by atoms with van der Waals surface area (Å²) in [6, 6.07) is 29.5. The minimum atomic E-state index is -5.48. The Bertz CT molecular complexity index is 7800. The predicted molar refractivity (Wildman–Crippen MR) is 560 cm³/mol. The standard InChI is InChI=1S/C42H50Cl3N3O10S3.C33H38N2O4S.C28H30N2O4S.C5H13N.CO2/c1-19(2)12-10-9-11-13-46-26(49)18-59-37-31(44)28(29(40(50)51)30(43)32(37)45)27-24-14-22-20(3)16-41(5,6)47-33(22)38(60(52,53)54)35(24)58-36-25(27)15-23-21(4)17-42(7,8)48-34(23)39(36)61(55,56)57;1-16(2)20-10-12-21(13-11-20)26-22-14-24-27(34-18(4)32(24,6)7)17(3)29(22)39-30-23(26)15-25-28(31(30)40(36,37)38)35-19(5)33(25,8)9;1-15(2)17-7-6-8-18(13-17)23-20-9-10-22(29)27(35(31,32)33)26(20)34-25-16(3)24-19(14-21(23)25)11-12-28(4,5)30-24;1-4-6(3)5-2;2-1-3/h14-15,19-21,47H,9-13,16-18H2,1-8H3,(H,46,49)(H,50,51)(H,52,53,54)(H,55,56,57);10-16,18-19,35H,1-9H3,(H,36,37,38);6-10,13-15,29-30H,11-12H2,1-5H3,(H,31,32,33);4-5H2,1-3H3;/p+1. The third-order valence-electron chi connectivity index (χ3n) is 29.4. The second-order valence-electron chi connectivity index (χ2n) is 43.4. The largest absolute Gasteiger partial charge is 0.744 e. The summed E-state index contributed by atoms with van der Waals surface area (Å²) in [5.41, 5.74) is 11.6. The highest BCUT2D eigenvalue weighted by Gasteiger charge is 2.49. The first-order valence-electron chi connectivity index (χ1n) is 48.9. The molecule has 17 rings (SSSR count). The van der Waals surface area contributed by atoms with E-state index in [9.17, 15) is 66.6 Å². The van der Waals surface area contributed by atoms with E-state index in [1.165, 1.54) is 35.8 Å². The van der Waals surface area contributed by atoms with Crippen molar-refractivity contribution in [2.75, 3.05) is 48.4 Å². The normalized spacial score (nSPS) is 18.1. The number of carboxylic acid groups (broad SMARTS) is 1. The maximum Gasteiger partial charge on any atom is 0.373 e. The van der Waals surface area contributed by atoms with Gasteiger partial charge in [0, 0.05) is 124 Å². The molecule has 1 aliphatic carbocycles. The summed E-state index contributed by atoms with van der Waals surface area (Å²) < 4.78 is 174. The molecule has 8 aromatic carbocycles. The van der Waals surface area contributed by atoms with Crippen molar-refractivity contribution in [2.24, 2.45) is 5.92 Å². The number of quaternary nitrogens is 1. The van der Waals surface area contributed by atoms with Crippen LogP contribution in [0.2, 0.25) is 15.1 Å². The smallest absolute Gasteiger partial charge is 0.373 e. The van der Waals surface area contributed by atoms with Crippen LogP contribution >= 0.6 is 46.6 Å². The molecule has 778 valence electrons. The summed E-state index contributed by atoms with van der Waals surface area (Å²) >= 11 is 21.7. The van der Waals surface area contributed by atoms with Gasteiger partial charge in [0.15, 0.2) is 39.5 Å². The Hall–Kier alpha value is -10.1. The number of benzene rings is 9. The molecule has 0 saturated carbocycles. The van der Waals surface area contributed by atoms with Crippen LogP contribution in [0, 0.1) is 19.8 Å². The van der Waals surface area contributed by atoms with Gasteiger partial charge < -0.3 is 58.8 Å². The number of halogens is 3. The van der Waals surface area contributed by atoms with Crippen LogP contribution in [0.15, 0.2) is 120 Å². The number of ether oxygens (including phenoxy) is 2. The van der Waals surface area contributed by atoms with E-state index in [-0.39, 0.29) is 122 Å². The number of rotatable bonds is 21. The van der Waals surface area contributed by atoms with E-state index in [2.05, 4.69) is 191 Å². The molecule has 0 spiro atoms. The van der Waals surface area contributed by atoms with Gasteiger partial charge in [-0.05, 0) is 228 Å². The first-order chi connectivity index (χ1) is 67.3. The molecule has 8 aliphatic heterocycles. The van der Waals surface area contributed by atoms with E-state index in [4.69, 9.17) is 63.7 Å². The summed E-state index contributed by atoms with van der Waals surface area (Å²) in [5.74, 6) is -2.14. The molecule has 4 atom stereocenters. The van der Waals surface area contributed by atoms with Crippen molar-refractivity contribution in [2.45, 2.75) is 305 Å². The number of nitrogens with one attached hydrogen (secondary N) is 7. The number of carboxylic acids is 1. The quantitative estimate of drug-likeness (QED) is 0.0105. The molecule has 0 fully saturated rings. The lowest BCUT2D eigenvalue weighted by Gasteiger charge is -2.40. The van der Waals surface area contributed by atoms with Crippen molar-refractivity contribution in [3.63, 3.8) is 0 Å². The number of hydrogen-bond donors (Lipinski definition) is 10. The van der Waals surface area contributed by atoms with Gasteiger partial charge in [-0.25, -0.2) is 40.0 Å². The summed E-state index contributed by atoms with van der Waals surface area (Å²) in [6.45, 7) is 52.3. The fourth-order valence-corrected chi connectivity index (χ4v) is 26.0. The highest BCUT2D eigenvalue weighted by molar-refractivity contribution is 8.00. The van der Waals surface area contributed by atoms with Gasteiger partial charge in [0.2, 0.25) is 26.9 Å². The van der Waals surface area contributed by atoms with Crippen LogP contribution in [0.3, 0.4) is 0 Å². The average Bonchev–Trinajstić information content (AvgIpc) is 1.68. The van der Waals surface area contributed by atoms with Gasteiger partial charge in [0.25, 0.3) is 0 Å². The lowest BCUT2D eigenvalue weighted by atomic mass is 9.78. The highest BCUT2D eigenvalue weighted by Crippen LogP contribution is 2.58. The van der Waals surface area contributed by atoms with Crippen molar-refractivity contribution >= 4 is 144 Å². The number of amides is 1. The van der Waals surface area contributed by atoms with Gasteiger partial charge in [-0.15, -0.1) is 11.8 Å². The lowest BCUT2D eigenvalue weighted by molar-refractivity contribution is -0.875. The number of carbonyl (C=O) groups is 2. The molecule has 1 amide bonds. The van der Waals surface area contributed by atoms with Crippen LogP contribution in [0.25, 0.3) is 44.6 Å². The number of aromatic carboxylic acids is 1. The molecule has 0 bridgehead atoms. The maximum atomic E-state index is 13.6. The Kier molecular flexibility index (Phi) is 32.3. The van der Waals surface area contributed by atoms with Crippen LogP contribution < -0.4 is 77.5 Å². The first kappa shape index (κ1) is 112. The Morgan fingerprint density at radius 1 is 0.621 bits per heavy atom. The second-order valence-corrected chi connectivity index (χ2v) is 50.8. The number of hydrogen-bond acceptors (Lipinski definition) is 22. The monoisotopic (exact) mass is 2140 g/mol. The zero-order chi connectivity index (χ0) is 107. The number of aryl methyl sites for hydroxylation is 2. The number of carbonyl (C=O) groups excluding carboxylic acids is 3. The van der Waals surface area contributed by atoms with Gasteiger partial charge in [0.1, 0.15) is 51.5 Å². The molecule has 36 heteroatoms. The van der Waals surface area contributed by atoms with E-state index in [0.29, 0.717) is 76.4 Å². The summed E-state index contributed by atoms with van der Waals surface area (Å²) in [5, 5.41) is 31.3. The third-order valence-corrected chi connectivity index (χ3v) is 35.6.